The molecule has 1 aromatic carbocycles. The van der Waals surface area contributed by atoms with Crippen LogP contribution in [0.5, 0.6) is 0 Å². The molecule has 2 nitrogen and oxygen atoms in total. The third-order valence-corrected chi connectivity index (χ3v) is 3.51. The standard InChI is InChI=1S/C15H13NO/c16-11-15(10-14-6-3-7-17-14)8-12-4-1-2-5-13(12)9-15/h1-7H,8-10H2. The monoisotopic (exact) mass is 223 g/mol. The lowest BCUT2D eigenvalue weighted by Gasteiger charge is -2.18. The lowest BCUT2D eigenvalue weighted by Crippen LogP contribution is -2.21. The minimum absolute atomic E-state index is 0.318. The molecule has 0 aliphatic heterocycles. The highest BCUT2D eigenvalue weighted by Crippen LogP contribution is 2.39. The van der Waals surface area contributed by atoms with Crippen molar-refractivity contribution >= 4 is 0 Å². The fourth-order valence-corrected chi connectivity index (χ4v) is 2.68. The van der Waals surface area contributed by atoms with Crippen molar-refractivity contribution in [1.29, 1.82) is 5.26 Å². The van der Waals surface area contributed by atoms with Gasteiger partial charge < -0.3 is 4.42 Å². The summed E-state index contributed by atoms with van der Waals surface area (Å²) in [6, 6.07) is 14.7. The molecule has 0 saturated heterocycles. The highest BCUT2D eigenvalue weighted by Gasteiger charge is 2.38. The zero-order chi connectivity index (χ0) is 11.7. The Morgan fingerprint density at radius 3 is 2.35 bits per heavy atom. The molecule has 2 heteroatoms. The molecule has 84 valence electrons. The Morgan fingerprint density at radius 1 is 1.12 bits per heavy atom. The molecule has 1 aliphatic carbocycles. The van der Waals surface area contributed by atoms with Gasteiger partial charge in [0, 0.05) is 6.42 Å². The van der Waals surface area contributed by atoms with Gasteiger partial charge >= 0.3 is 0 Å². The number of hydrogen-bond acceptors (Lipinski definition) is 2. The van der Waals surface area contributed by atoms with Gasteiger partial charge in [-0.15, -0.1) is 0 Å². The Kier molecular flexibility index (Phi) is 2.26. The van der Waals surface area contributed by atoms with Crippen molar-refractivity contribution < 1.29 is 4.42 Å². The maximum Gasteiger partial charge on any atom is 0.105 e. The van der Waals surface area contributed by atoms with E-state index in [1.807, 2.05) is 24.3 Å². The van der Waals surface area contributed by atoms with Crippen LogP contribution in [0.3, 0.4) is 0 Å². The molecule has 0 atom stereocenters. The summed E-state index contributed by atoms with van der Waals surface area (Å²) in [6.07, 6.45) is 4.04. The van der Waals surface area contributed by atoms with Crippen LogP contribution in [0, 0.1) is 16.7 Å². The maximum atomic E-state index is 9.50. The van der Waals surface area contributed by atoms with E-state index in [0.717, 1.165) is 18.6 Å². The molecule has 0 radical (unpaired) electrons. The van der Waals surface area contributed by atoms with Crippen molar-refractivity contribution in [2.75, 3.05) is 0 Å². The van der Waals surface area contributed by atoms with Crippen LogP contribution < -0.4 is 0 Å². The molecule has 0 spiro atoms. The van der Waals surface area contributed by atoms with Crippen LogP contribution in [0.2, 0.25) is 0 Å². The van der Waals surface area contributed by atoms with E-state index in [1.54, 1.807) is 6.26 Å². The number of furan rings is 1. The first-order valence-electron chi connectivity index (χ1n) is 5.82. The van der Waals surface area contributed by atoms with Gasteiger partial charge in [-0.25, -0.2) is 0 Å². The summed E-state index contributed by atoms with van der Waals surface area (Å²) < 4.78 is 5.37. The van der Waals surface area contributed by atoms with Gasteiger partial charge in [-0.3, -0.25) is 0 Å². The van der Waals surface area contributed by atoms with Gasteiger partial charge in [0.25, 0.3) is 0 Å². The summed E-state index contributed by atoms with van der Waals surface area (Å²) in [5.74, 6) is 0.902. The van der Waals surface area contributed by atoms with Crippen molar-refractivity contribution in [3.8, 4) is 6.07 Å². The highest BCUT2D eigenvalue weighted by molar-refractivity contribution is 5.37. The molecule has 0 unspecified atom stereocenters. The molecule has 0 fully saturated rings. The lowest BCUT2D eigenvalue weighted by molar-refractivity contribution is 0.369. The van der Waals surface area contributed by atoms with Crippen molar-refractivity contribution in [3.63, 3.8) is 0 Å². The van der Waals surface area contributed by atoms with Crippen molar-refractivity contribution in [3.05, 3.63) is 59.5 Å². The van der Waals surface area contributed by atoms with Gasteiger partial charge in [-0.05, 0) is 36.1 Å². The van der Waals surface area contributed by atoms with Crippen LogP contribution in [-0.4, -0.2) is 0 Å². The van der Waals surface area contributed by atoms with Gasteiger partial charge in [0.1, 0.15) is 5.76 Å². The number of nitriles is 1. The maximum absolute atomic E-state index is 9.50. The fourth-order valence-electron chi connectivity index (χ4n) is 2.68. The first-order chi connectivity index (χ1) is 8.31. The van der Waals surface area contributed by atoms with E-state index in [4.69, 9.17) is 4.42 Å². The normalized spacial score (nSPS) is 16.4. The molecule has 0 N–H and O–H groups in total. The smallest absolute Gasteiger partial charge is 0.105 e. The van der Waals surface area contributed by atoms with E-state index in [1.165, 1.54) is 11.1 Å². The molecule has 0 amide bonds. The summed E-state index contributed by atoms with van der Waals surface area (Å²) in [6.45, 7) is 0. The molecule has 3 rings (SSSR count). The summed E-state index contributed by atoms with van der Waals surface area (Å²) in [5, 5.41) is 9.50. The number of rotatable bonds is 2. The quantitative estimate of drug-likeness (QED) is 0.784. The zero-order valence-electron chi connectivity index (χ0n) is 9.52. The van der Waals surface area contributed by atoms with Gasteiger partial charge in [0.2, 0.25) is 0 Å². The zero-order valence-corrected chi connectivity index (χ0v) is 9.52. The molecule has 17 heavy (non-hydrogen) atoms. The minimum Gasteiger partial charge on any atom is -0.469 e. The molecule has 1 heterocycles. The largest absolute Gasteiger partial charge is 0.469 e. The average Bonchev–Trinajstić information content (AvgIpc) is 2.96. The van der Waals surface area contributed by atoms with Crippen LogP contribution in [0.4, 0.5) is 0 Å². The van der Waals surface area contributed by atoms with Crippen LogP contribution in [0.15, 0.2) is 47.1 Å². The second-order valence-electron chi connectivity index (χ2n) is 4.77. The van der Waals surface area contributed by atoms with Crippen molar-refractivity contribution in [1.82, 2.24) is 0 Å². The predicted molar refractivity (Wildman–Crippen MR) is 64.3 cm³/mol. The van der Waals surface area contributed by atoms with E-state index in [0.29, 0.717) is 6.42 Å². The third kappa shape index (κ3) is 1.74. The first kappa shape index (κ1) is 10.2. The predicted octanol–water partition coefficient (Wildman–Crippen LogP) is 3.13. The fraction of sp³-hybridized carbons (Fsp3) is 0.267. The van der Waals surface area contributed by atoms with Crippen LogP contribution in [0.25, 0.3) is 0 Å². The molecular formula is C15H13NO. The summed E-state index contributed by atoms with van der Waals surface area (Å²) in [7, 11) is 0. The molecular weight excluding hydrogens is 210 g/mol. The van der Waals surface area contributed by atoms with Crippen LogP contribution >= 0.6 is 0 Å². The number of hydrogen-bond donors (Lipinski definition) is 0. The topological polar surface area (TPSA) is 36.9 Å². The Hall–Kier alpha value is -2.01. The Labute approximate surface area is 100 Å². The van der Waals surface area contributed by atoms with E-state index >= 15 is 0 Å². The number of fused-ring (bicyclic) bond motifs is 1. The van der Waals surface area contributed by atoms with E-state index in [2.05, 4.69) is 18.2 Å². The van der Waals surface area contributed by atoms with Crippen molar-refractivity contribution in [2.24, 2.45) is 5.41 Å². The number of benzene rings is 1. The van der Waals surface area contributed by atoms with E-state index < -0.39 is 0 Å². The summed E-state index contributed by atoms with van der Waals surface area (Å²) >= 11 is 0. The Balaban J connectivity index is 1.90. The molecule has 2 aromatic rings. The lowest BCUT2D eigenvalue weighted by atomic mass is 9.82. The Morgan fingerprint density at radius 2 is 1.82 bits per heavy atom. The Bertz CT molecular complexity index is 532. The van der Waals surface area contributed by atoms with Gasteiger partial charge in [-0.2, -0.15) is 5.26 Å². The number of nitrogens with zero attached hydrogens (tertiary/aromatic N) is 1. The van der Waals surface area contributed by atoms with Crippen molar-refractivity contribution in [2.45, 2.75) is 19.3 Å². The summed E-state index contributed by atoms with van der Waals surface area (Å²) in [4.78, 5) is 0. The SMILES string of the molecule is N#CC1(Cc2ccco2)Cc2ccccc2C1. The second-order valence-corrected chi connectivity index (χ2v) is 4.77. The van der Waals surface area contributed by atoms with Gasteiger partial charge in [0.05, 0.1) is 17.7 Å². The van der Waals surface area contributed by atoms with Gasteiger partial charge in [0.15, 0.2) is 0 Å². The van der Waals surface area contributed by atoms with E-state index in [9.17, 15) is 5.26 Å². The molecule has 1 aromatic heterocycles. The highest BCUT2D eigenvalue weighted by atomic mass is 16.3. The minimum atomic E-state index is -0.318. The second kappa shape index (κ2) is 3.78. The molecule has 0 bridgehead atoms. The third-order valence-electron chi connectivity index (χ3n) is 3.51. The molecule has 0 saturated carbocycles. The van der Waals surface area contributed by atoms with Crippen LogP contribution in [-0.2, 0) is 19.3 Å². The summed E-state index contributed by atoms with van der Waals surface area (Å²) in [5.41, 5.74) is 2.29. The first-order valence-corrected chi connectivity index (χ1v) is 5.82. The molecule has 1 aliphatic rings. The van der Waals surface area contributed by atoms with E-state index in [-0.39, 0.29) is 5.41 Å². The average molecular weight is 223 g/mol. The van der Waals surface area contributed by atoms with Crippen LogP contribution in [0.1, 0.15) is 16.9 Å². The van der Waals surface area contributed by atoms with Gasteiger partial charge in [-0.1, -0.05) is 24.3 Å².